The largest absolute Gasteiger partial charge is 0.495 e. The van der Waals surface area contributed by atoms with Crippen molar-refractivity contribution in [3.8, 4) is 11.8 Å². The van der Waals surface area contributed by atoms with Crippen molar-refractivity contribution >= 4 is 40.2 Å². The van der Waals surface area contributed by atoms with Crippen LogP contribution in [0.5, 0.6) is 5.75 Å². The van der Waals surface area contributed by atoms with Gasteiger partial charge in [0.05, 0.1) is 18.2 Å². The van der Waals surface area contributed by atoms with Gasteiger partial charge in [-0.05, 0) is 55.7 Å². The summed E-state index contributed by atoms with van der Waals surface area (Å²) in [6.07, 6.45) is 4.51. The third kappa shape index (κ3) is 4.20. The highest BCUT2D eigenvalue weighted by Crippen LogP contribution is 2.50. The predicted octanol–water partition coefficient (Wildman–Crippen LogP) is 2.75. The number of ether oxygens (including phenoxy) is 1. The Labute approximate surface area is 208 Å². The number of methoxy groups -OCH3 is 1. The molecule has 1 saturated carbocycles. The monoisotopic (exact) mass is 497 g/mol. The van der Waals surface area contributed by atoms with Gasteiger partial charge in [-0.1, -0.05) is 18.0 Å². The van der Waals surface area contributed by atoms with E-state index in [9.17, 15) is 19.6 Å². The first-order chi connectivity index (χ1) is 16.8. The van der Waals surface area contributed by atoms with Crippen LogP contribution < -0.4 is 15.4 Å². The molecule has 9 nitrogen and oxygen atoms in total. The van der Waals surface area contributed by atoms with E-state index in [1.165, 1.54) is 7.11 Å². The number of nitrogens with zero attached hydrogens (tertiary/aromatic N) is 2. The molecule has 3 amide bonds. The summed E-state index contributed by atoms with van der Waals surface area (Å²) in [4.78, 5) is 43.7. The average molecular weight is 498 g/mol. The molecular formula is C25H28ClN5O4. The summed E-state index contributed by atoms with van der Waals surface area (Å²) in [6.45, 7) is 1.09. The Bertz CT molecular complexity index is 1230. The van der Waals surface area contributed by atoms with Gasteiger partial charge in [0.15, 0.2) is 0 Å². The number of aromatic amines is 1. The van der Waals surface area contributed by atoms with Crippen LogP contribution in [0.3, 0.4) is 0 Å². The van der Waals surface area contributed by atoms with Gasteiger partial charge in [0.1, 0.15) is 23.5 Å². The molecule has 1 spiro atoms. The number of fused-ring (bicyclic) bond motifs is 1. The minimum atomic E-state index is -0.786. The Balaban J connectivity index is 1.37. The number of halogens is 1. The molecule has 184 valence electrons. The minimum absolute atomic E-state index is 0.0575. The molecule has 2 saturated heterocycles. The van der Waals surface area contributed by atoms with E-state index in [4.69, 9.17) is 16.3 Å². The highest BCUT2D eigenvalue weighted by molar-refractivity contribution is 6.37. The molecule has 5 rings (SSSR count). The molecule has 3 aliphatic rings. The van der Waals surface area contributed by atoms with E-state index in [1.54, 1.807) is 23.1 Å². The summed E-state index contributed by atoms with van der Waals surface area (Å²) in [5, 5.41) is 16.3. The van der Waals surface area contributed by atoms with Crippen LogP contribution >= 0.6 is 11.6 Å². The maximum Gasteiger partial charge on any atom is 0.271 e. The number of rotatable bonds is 6. The highest BCUT2D eigenvalue weighted by atomic mass is 35.5. The van der Waals surface area contributed by atoms with Gasteiger partial charge in [0.25, 0.3) is 5.91 Å². The van der Waals surface area contributed by atoms with E-state index in [1.807, 2.05) is 0 Å². The number of hydrogen-bond acceptors (Lipinski definition) is 5. The third-order valence-electron chi connectivity index (χ3n) is 7.79. The van der Waals surface area contributed by atoms with Crippen molar-refractivity contribution in [2.24, 2.45) is 11.3 Å². The molecule has 2 aromatic rings. The molecule has 3 atom stereocenters. The van der Waals surface area contributed by atoms with E-state index < -0.39 is 12.1 Å². The second-order valence-electron chi connectivity index (χ2n) is 9.94. The van der Waals surface area contributed by atoms with Crippen LogP contribution in [0.2, 0.25) is 5.02 Å². The first-order valence-electron chi connectivity index (χ1n) is 12.0. The van der Waals surface area contributed by atoms with Gasteiger partial charge in [0, 0.05) is 29.9 Å². The van der Waals surface area contributed by atoms with Crippen molar-refractivity contribution in [1.82, 2.24) is 20.5 Å². The zero-order valence-corrected chi connectivity index (χ0v) is 20.3. The second-order valence-corrected chi connectivity index (χ2v) is 10.3. The quantitative estimate of drug-likeness (QED) is 0.565. The maximum atomic E-state index is 13.6. The Morgan fingerprint density at radius 3 is 2.83 bits per heavy atom. The number of carbonyl (C=O) groups excluding carboxylic acids is 3. The number of hydrogen-bond donors (Lipinski definition) is 3. The van der Waals surface area contributed by atoms with Crippen LogP contribution in [0.4, 0.5) is 0 Å². The first kappa shape index (κ1) is 23.5. The normalized spacial score (nSPS) is 23.6. The first-order valence-corrected chi connectivity index (χ1v) is 12.4. The SMILES string of the molecule is COc1ccc2[nH]c(C(=O)N3CC4(CCC4)CC3C(=O)NC(C#N)CC3CCNC3=O)cc2c1Cl. The Hall–Kier alpha value is -3.25. The number of aromatic nitrogens is 1. The molecule has 10 heteroatoms. The second kappa shape index (κ2) is 9.08. The van der Waals surface area contributed by atoms with E-state index in [-0.39, 0.29) is 35.5 Å². The molecule has 35 heavy (non-hydrogen) atoms. The summed E-state index contributed by atoms with van der Waals surface area (Å²) in [6, 6.07) is 5.88. The molecule has 2 aliphatic heterocycles. The number of benzene rings is 1. The topological polar surface area (TPSA) is 127 Å². The molecule has 0 radical (unpaired) electrons. The number of nitriles is 1. The fraction of sp³-hybridized carbons (Fsp3) is 0.520. The highest BCUT2D eigenvalue weighted by Gasteiger charge is 2.52. The molecule has 3 N–H and O–H groups in total. The van der Waals surface area contributed by atoms with Gasteiger partial charge in [-0.2, -0.15) is 5.26 Å². The summed E-state index contributed by atoms with van der Waals surface area (Å²) in [5.74, 6) is -0.471. The number of nitrogens with one attached hydrogen (secondary N) is 3. The standard InChI is InChI=1S/C25H28ClN5O4/c1-35-20-4-3-17-16(21(20)26)10-18(30-17)24(34)31-13-25(6-2-7-25)11-19(31)23(33)29-15(12-27)9-14-5-8-28-22(14)32/h3-4,10,14-15,19,30H,2,5-9,11,13H2,1H3,(H,28,32)(H,29,33). The average Bonchev–Trinajstić information content (AvgIpc) is 3.55. The number of carbonyl (C=O) groups is 3. The van der Waals surface area contributed by atoms with Crippen LogP contribution in [-0.4, -0.2) is 59.9 Å². The number of likely N-dealkylation sites (tertiary alicyclic amines) is 1. The number of amides is 3. The van der Waals surface area contributed by atoms with Gasteiger partial charge in [-0.25, -0.2) is 0 Å². The van der Waals surface area contributed by atoms with Crippen LogP contribution in [0, 0.1) is 22.7 Å². The van der Waals surface area contributed by atoms with Crippen LogP contribution in [0.25, 0.3) is 10.9 Å². The fourth-order valence-corrected chi connectivity index (χ4v) is 5.98. The minimum Gasteiger partial charge on any atom is -0.495 e. The van der Waals surface area contributed by atoms with Gasteiger partial charge >= 0.3 is 0 Å². The van der Waals surface area contributed by atoms with E-state index in [2.05, 4.69) is 21.7 Å². The summed E-state index contributed by atoms with van der Waals surface area (Å²) < 4.78 is 5.28. The Kier molecular flexibility index (Phi) is 6.09. The zero-order chi connectivity index (χ0) is 24.7. The van der Waals surface area contributed by atoms with Crippen LogP contribution in [0.1, 0.15) is 49.0 Å². The van der Waals surface area contributed by atoms with Crippen LogP contribution in [0.15, 0.2) is 18.2 Å². The lowest BCUT2D eigenvalue weighted by atomic mass is 9.67. The lowest BCUT2D eigenvalue weighted by Crippen LogP contribution is -2.49. The molecule has 3 heterocycles. The maximum absolute atomic E-state index is 13.6. The molecule has 3 unspecified atom stereocenters. The Morgan fingerprint density at radius 2 is 2.20 bits per heavy atom. The zero-order valence-electron chi connectivity index (χ0n) is 19.5. The summed E-state index contributed by atoms with van der Waals surface area (Å²) in [5.41, 5.74) is 0.999. The van der Waals surface area contributed by atoms with Gasteiger partial charge in [-0.3, -0.25) is 14.4 Å². The van der Waals surface area contributed by atoms with E-state index >= 15 is 0 Å². The molecule has 3 fully saturated rings. The smallest absolute Gasteiger partial charge is 0.271 e. The molecule has 1 aliphatic carbocycles. The Morgan fingerprint density at radius 1 is 1.40 bits per heavy atom. The van der Waals surface area contributed by atoms with Crippen molar-refractivity contribution in [1.29, 1.82) is 5.26 Å². The van der Waals surface area contributed by atoms with Crippen molar-refractivity contribution in [3.63, 3.8) is 0 Å². The molecule has 1 aromatic carbocycles. The lowest BCUT2D eigenvalue weighted by Gasteiger charge is -2.37. The third-order valence-corrected chi connectivity index (χ3v) is 8.18. The van der Waals surface area contributed by atoms with Crippen molar-refractivity contribution < 1.29 is 19.1 Å². The van der Waals surface area contributed by atoms with E-state index in [0.29, 0.717) is 53.3 Å². The molecule has 0 bridgehead atoms. The van der Waals surface area contributed by atoms with Crippen molar-refractivity contribution in [2.45, 2.75) is 50.6 Å². The summed E-state index contributed by atoms with van der Waals surface area (Å²) >= 11 is 6.44. The predicted molar refractivity (Wildman–Crippen MR) is 129 cm³/mol. The van der Waals surface area contributed by atoms with E-state index in [0.717, 1.165) is 19.3 Å². The van der Waals surface area contributed by atoms with Crippen molar-refractivity contribution in [2.75, 3.05) is 20.2 Å². The molecule has 1 aromatic heterocycles. The van der Waals surface area contributed by atoms with Crippen molar-refractivity contribution in [3.05, 3.63) is 28.9 Å². The van der Waals surface area contributed by atoms with Gasteiger partial charge in [-0.15, -0.1) is 0 Å². The molecular weight excluding hydrogens is 470 g/mol. The van der Waals surface area contributed by atoms with Gasteiger partial charge in [0.2, 0.25) is 11.8 Å². The lowest BCUT2D eigenvalue weighted by molar-refractivity contribution is -0.126. The van der Waals surface area contributed by atoms with Gasteiger partial charge < -0.3 is 25.3 Å². The van der Waals surface area contributed by atoms with Crippen LogP contribution in [-0.2, 0) is 9.59 Å². The summed E-state index contributed by atoms with van der Waals surface area (Å²) in [7, 11) is 1.53. The fourth-order valence-electron chi connectivity index (χ4n) is 5.69. The number of H-pyrrole nitrogens is 1.